The van der Waals surface area contributed by atoms with Crippen molar-refractivity contribution in [3.8, 4) is 6.07 Å². The fourth-order valence-corrected chi connectivity index (χ4v) is 3.52. The van der Waals surface area contributed by atoms with Crippen LogP contribution in [0, 0.1) is 41.4 Å². The van der Waals surface area contributed by atoms with Crippen molar-refractivity contribution in [1.82, 2.24) is 0 Å². The van der Waals surface area contributed by atoms with Gasteiger partial charge in [-0.1, -0.05) is 0 Å². The van der Waals surface area contributed by atoms with Gasteiger partial charge in [-0.3, -0.25) is 0 Å². The topological polar surface area (TPSA) is 23.8 Å². The van der Waals surface area contributed by atoms with Crippen molar-refractivity contribution in [2.45, 2.75) is 58.3 Å². The van der Waals surface area contributed by atoms with E-state index in [9.17, 15) is 0 Å². The zero-order chi connectivity index (χ0) is 11.6. The molecular weight excluding hydrogens is 194 g/mol. The van der Waals surface area contributed by atoms with Crippen LogP contribution in [0.15, 0.2) is 0 Å². The molecule has 0 bridgehead atoms. The molecule has 0 amide bonds. The molecule has 0 radical (unpaired) electrons. The van der Waals surface area contributed by atoms with Crippen molar-refractivity contribution >= 4 is 0 Å². The van der Waals surface area contributed by atoms with Crippen molar-refractivity contribution < 1.29 is 0 Å². The van der Waals surface area contributed by atoms with E-state index in [1.165, 1.54) is 38.5 Å². The lowest BCUT2D eigenvalue weighted by molar-refractivity contribution is 0.137. The first kappa shape index (κ1) is 11.8. The molecule has 0 unspecified atom stereocenters. The maximum Gasteiger partial charge on any atom is 0.0953 e. The van der Waals surface area contributed by atoms with E-state index in [1.54, 1.807) is 0 Å². The molecule has 0 heterocycles. The molecule has 1 nitrogen and oxygen atoms in total. The van der Waals surface area contributed by atoms with Crippen molar-refractivity contribution in [3.63, 3.8) is 0 Å². The van der Waals surface area contributed by atoms with Crippen LogP contribution in [-0.2, 0) is 0 Å². The van der Waals surface area contributed by atoms with Gasteiger partial charge < -0.3 is 0 Å². The SMILES string of the molecule is [CH2+]C1CCC(C2CCC(C)(C#N)CC2)CC1. The lowest BCUT2D eigenvalue weighted by Crippen LogP contribution is -2.29. The number of hydrogen-bond donors (Lipinski definition) is 0. The van der Waals surface area contributed by atoms with Crippen LogP contribution in [0.4, 0.5) is 0 Å². The Hall–Kier alpha value is -0.640. The van der Waals surface area contributed by atoms with E-state index in [4.69, 9.17) is 5.26 Å². The molecule has 0 saturated heterocycles. The third kappa shape index (κ3) is 2.54. The van der Waals surface area contributed by atoms with Gasteiger partial charge in [0.2, 0.25) is 0 Å². The largest absolute Gasteiger partial charge is 0.198 e. The van der Waals surface area contributed by atoms with Gasteiger partial charge in [0.05, 0.1) is 24.3 Å². The molecule has 0 N–H and O–H groups in total. The van der Waals surface area contributed by atoms with Gasteiger partial charge in [-0.15, -0.1) is 0 Å². The van der Waals surface area contributed by atoms with Crippen LogP contribution in [-0.4, -0.2) is 0 Å². The smallest absolute Gasteiger partial charge is 0.0953 e. The summed E-state index contributed by atoms with van der Waals surface area (Å²) in [5, 5.41) is 9.12. The predicted octanol–water partition coefficient (Wildman–Crippen LogP) is 4.35. The first-order chi connectivity index (χ1) is 7.63. The highest BCUT2D eigenvalue weighted by atomic mass is 14.4. The first-order valence-electron chi connectivity index (χ1n) is 6.87. The van der Waals surface area contributed by atoms with E-state index >= 15 is 0 Å². The zero-order valence-electron chi connectivity index (χ0n) is 10.5. The summed E-state index contributed by atoms with van der Waals surface area (Å²) in [7, 11) is 0. The Morgan fingerprint density at radius 1 is 1.00 bits per heavy atom. The summed E-state index contributed by atoms with van der Waals surface area (Å²) in [6.45, 7) is 6.31. The summed E-state index contributed by atoms with van der Waals surface area (Å²) in [6.07, 6.45) is 10.3. The molecule has 0 aromatic heterocycles. The number of rotatable bonds is 1. The second-order valence-corrected chi connectivity index (χ2v) is 6.29. The van der Waals surface area contributed by atoms with Gasteiger partial charge in [0.25, 0.3) is 0 Å². The Kier molecular flexibility index (Phi) is 3.47. The zero-order valence-corrected chi connectivity index (χ0v) is 10.5. The molecule has 2 saturated carbocycles. The van der Waals surface area contributed by atoms with Crippen molar-refractivity contribution in [2.24, 2.45) is 23.2 Å². The third-order valence-electron chi connectivity index (χ3n) is 4.96. The summed E-state index contributed by atoms with van der Waals surface area (Å²) in [5.74, 6) is 2.57. The minimum absolute atomic E-state index is 0.0139. The van der Waals surface area contributed by atoms with Crippen LogP contribution in [0.25, 0.3) is 0 Å². The van der Waals surface area contributed by atoms with Crippen molar-refractivity contribution in [2.75, 3.05) is 0 Å². The molecule has 2 aliphatic rings. The molecule has 2 aliphatic carbocycles. The first-order valence-corrected chi connectivity index (χ1v) is 6.87. The van der Waals surface area contributed by atoms with Gasteiger partial charge in [-0.05, 0) is 70.1 Å². The summed E-state index contributed by atoms with van der Waals surface area (Å²) in [4.78, 5) is 0. The maximum atomic E-state index is 9.12. The highest BCUT2D eigenvalue weighted by Crippen LogP contribution is 2.44. The van der Waals surface area contributed by atoms with Gasteiger partial charge in [0, 0.05) is 0 Å². The van der Waals surface area contributed by atoms with Crippen LogP contribution in [0.2, 0.25) is 0 Å². The highest BCUT2D eigenvalue weighted by molar-refractivity contribution is 4.99. The Bertz CT molecular complexity index is 260. The van der Waals surface area contributed by atoms with Gasteiger partial charge in [0.1, 0.15) is 0 Å². The minimum atomic E-state index is -0.0139. The molecule has 0 atom stereocenters. The van der Waals surface area contributed by atoms with E-state index in [0.717, 1.165) is 24.7 Å². The fraction of sp³-hybridized carbons (Fsp3) is 0.867. The van der Waals surface area contributed by atoms with Crippen LogP contribution in [0.3, 0.4) is 0 Å². The fourth-order valence-electron chi connectivity index (χ4n) is 3.52. The number of nitriles is 1. The van der Waals surface area contributed by atoms with E-state index in [0.29, 0.717) is 5.92 Å². The molecule has 2 fully saturated rings. The van der Waals surface area contributed by atoms with E-state index < -0.39 is 0 Å². The molecule has 16 heavy (non-hydrogen) atoms. The molecule has 1 heteroatoms. The Labute approximate surface area is 100 Å². The number of hydrogen-bond acceptors (Lipinski definition) is 1. The number of nitrogens with zero attached hydrogens (tertiary/aromatic N) is 1. The third-order valence-corrected chi connectivity index (χ3v) is 4.96. The molecule has 0 aromatic rings. The molecule has 0 aliphatic heterocycles. The summed E-state index contributed by atoms with van der Waals surface area (Å²) in [5.41, 5.74) is -0.0139. The maximum absolute atomic E-state index is 9.12. The van der Waals surface area contributed by atoms with E-state index in [1.807, 2.05) is 0 Å². The Morgan fingerprint density at radius 3 is 2.00 bits per heavy atom. The monoisotopic (exact) mass is 218 g/mol. The molecule has 0 spiro atoms. The van der Waals surface area contributed by atoms with E-state index in [2.05, 4.69) is 19.9 Å². The summed E-state index contributed by atoms with van der Waals surface area (Å²) < 4.78 is 0. The van der Waals surface area contributed by atoms with Crippen molar-refractivity contribution in [1.29, 1.82) is 5.26 Å². The van der Waals surface area contributed by atoms with Crippen LogP contribution >= 0.6 is 0 Å². The standard InChI is InChI=1S/C15H24N/c1-12-3-5-13(6-4-12)14-7-9-15(2,11-16)10-8-14/h12-14H,1,3-10H2,2H3/q+1. The Morgan fingerprint density at radius 2 is 1.50 bits per heavy atom. The molecule has 0 aromatic carbocycles. The second kappa shape index (κ2) is 4.70. The molecule has 2 rings (SSSR count). The Balaban J connectivity index is 1.83. The van der Waals surface area contributed by atoms with Gasteiger partial charge in [-0.2, -0.15) is 5.26 Å². The quantitative estimate of drug-likeness (QED) is 0.600. The molecular formula is C15H24N+. The summed E-state index contributed by atoms with van der Waals surface area (Å²) >= 11 is 0. The highest BCUT2D eigenvalue weighted by Gasteiger charge is 2.35. The minimum Gasteiger partial charge on any atom is -0.198 e. The summed E-state index contributed by atoms with van der Waals surface area (Å²) in [6, 6.07) is 2.50. The average molecular weight is 218 g/mol. The van der Waals surface area contributed by atoms with E-state index in [-0.39, 0.29) is 5.41 Å². The molecule has 88 valence electrons. The van der Waals surface area contributed by atoms with Crippen molar-refractivity contribution in [3.05, 3.63) is 6.92 Å². The van der Waals surface area contributed by atoms with Crippen LogP contribution in [0.5, 0.6) is 0 Å². The average Bonchev–Trinajstić information content (AvgIpc) is 2.32. The lowest BCUT2D eigenvalue weighted by atomic mass is 9.66. The van der Waals surface area contributed by atoms with Crippen LogP contribution in [0.1, 0.15) is 58.3 Å². The lowest BCUT2D eigenvalue weighted by Gasteiger charge is -2.38. The second-order valence-electron chi connectivity index (χ2n) is 6.29. The van der Waals surface area contributed by atoms with Gasteiger partial charge in [-0.25, -0.2) is 0 Å². The normalized spacial score (nSPS) is 44.9. The van der Waals surface area contributed by atoms with Crippen LogP contribution < -0.4 is 0 Å². The van der Waals surface area contributed by atoms with Gasteiger partial charge >= 0.3 is 0 Å². The van der Waals surface area contributed by atoms with Gasteiger partial charge in [0.15, 0.2) is 0 Å². The predicted molar refractivity (Wildman–Crippen MR) is 66.5 cm³/mol.